The van der Waals surface area contributed by atoms with Gasteiger partial charge in [0.2, 0.25) is 5.88 Å². The summed E-state index contributed by atoms with van der Waals surface area (Å²) in [5, 5.41) is 3.41. The normalized spacial score (nSPS) is 10.8. The third-order valence-electron chi connectivity index (χ3n) is 3.05. The number of ether oxygens (including phenoxy) is 1. The van der Waals surface area contributed by atoms with Crippen molar-refractivity contribution >= 4 is 39.0 Å². The highest BCUT2D eigenvalue weighted by Crippen LogP contribution is 2.30. The quantitative estimate of drug-likeness (QED) is 0.720. The molecule has 0 saturated heterocycles. The Bertz CT molecular complexity index is 740. The molecule has 2 aromatic heterocycles. The second-order valence-electron chi connectivity index (χ2n) is 4.43. The van der Waals surface area contributed by atoms with E-state index in [0.717, 1.165) is 27.7 Å². The highest BCUT2D eigenvalue weighted by Gasteiger charge is 2.04. The van der Waals surface area contributed by atoms with Gasteiger partial charge in [-0.3, -0.25) is 0 Å². The molecular formula is C15H15N3OS2. The lowest BCUT2D eigenvalue weighted by molar-refractivity contribution is 0.397. The van der Waals surface area contributed by atoms with Gasteiger partial charge in [-0.05, 0) is 30.0 Å². The number of thiazole rings is 1. The van der Waals surface area contributed by atoms with Crippen LogP contribution in [-0.4, -0.2) is 23.3 Å². The molecule has 2 heterocycles. The van der Waals surface area contributed by atoms with Crippen LogP contribution in [0.5, 0.6) is 5.88 Å². The first kappa shape index (κ1) is 14.2. The Hall–Kier alpha value is -1.79. The molecule has 0 aliphatic rings. The predicted octanol–water partition coefficient (Wildman–Crippen LogP) is 4.03. The largest absolute Gasteiger partial charge is 0.481 e. The van der Waals surface area contributed by atoms with Crippen LogP contribution in [0.3, 0.4) is 0 Å². The van der Waals surface area contributed by atoms with Crippen molar-refractivity contribution in [3.8, 4) is 5.88 Å². The highest BCUT2D eigenvalue weighted by atomic mass is 32.2. The van der Waals surface area contributed by atoms with Crippen LogP contribution in [0.25, 0.3) is 10.2 Å². The summed E-state index contributed by atoms with van der Waals surface area (Å²) in [5.74, 6) is 0.634. The number of thioether (sulfide) groups is 1. The summed E-state index contributed by atoms with van der Waals surface area (Å²) in [4.78, 5) is 8.74. The molecule has 0 aliphatic heterocycles. The summed E-state index contributed by atoms with van der Waals surface area (Å²) >= 11 is 3.40. The lowest BCUT2D eigenvalue weighted by Gasteiger charge is -2.06. The Balaban J connectivity index is 1.71. The van der Waals surface area contributed by atoms with Crippen molar-refractivity contribution in [2.45, 2.75) is 10.9 Å². The minimum absolute atomic E-state index is 0.634. The number of hydrogen-bond donors (Lipinski definition) is 1. The second-order valence-corrected chi connectivity index (χ2v) is 6.51. The molecule has 0 fully saturated rings. The molecule has 0 spiro atoms. The molecule has 0 aliphatic carbocycles. The fraction of sp³-hybridized carbons (Fsp3) is 0.200. The fourth-order valence-corrected chi connectivity index (χ4v) is 3.47. The minimum atomic E-state index is 0.634. The second kappa shape index (κ2) is 6.32. The third-order valence-corrected chi connectivity index (χ3v) is 5.05. The Labute approximate surface area is 131 Å². The van der Waals surface area contributed by atoms with Crippen molar-refractivity contribution in [2.24, 2.45) is 0 Å². The number of fused-ring (bicyclic) bond motifs is 1. The van der Waals surface area contributed by atoms with Crippen LogP contribution in [0.2, 0.25) is 0 Å². The highest BCUT2D eigenvalue weighted by molar-refractivity contribution is 8.00. The molecular weight excluding hydrogens is 302 g/mol. The maximum absolute atomic E-state index is 5.05. The molecule has 21 heavy (non-hydrogen) atoms. The van der Waals surface area contributed by atoms with Gasteiger partial charge in [0.15, 0.2) is 4.34 Å². The first-order valence-corrected chi connectivity index (χ1v) is 8.50. The van der Waals surface area contributed by atoms with Crippen LogP contribution in [0.1, 0.15) is 5.56 Å². The minimum Gasteiger partial charge on any atom is -0.481 e. The van der Waals surface area contributed by atoms with Crippen molar-refractivity contribution in [3.63, 3.8) is 0 Å². The Morgan fingerprint density at radius 2 is 2.19 bits per heavy atom. The number of nitrogens with one attached hydrogen (secondary N) is 1. The molecule has 0 radical (unpaired) electrons. The van der Waals surface area contributed by atoms with E-state index in [1.165, 1.54) is 4.70 Å². The molecule has 1 aromatic carbocycles. The van der Waals surface area contributed by atoms with Crippen LogP contribution in [-0.2, 0) is 6.54 Å². The van der Waals surface area contributed by atoms with Crippen LogP contribution in [0.15, 0.2) is 40.9 Å². The molecule has 1 N–H and O–H groups in total. The van der Waals surface area contributed by atoms with E-state index in [1.54, 1.807) is 30.2 Å². The molecule has 0 atom stereocenters. The van der Waals surface area contributed by atoms with Crippen molar-refractivity contribution in [1.29, 1.82) is 0 Å². The van der Waals surface area contributed by atoms with Crippen molar-refractivity contribution < 1.29 is 4.74 Å². The summed E-state index contributed by atoms with van der Waals surface area (Å²) in [6, 6.07) is 10.1. The van der Waals surface area contributed by atoms with Crippen molar-refractivity contribution in [3.05, 3.63) is 42.1 Å². The van der Waals surface area contributed by atoms with Gasteiger partial charge >= 0.3 is 0 Å². The van der Waals surface area contributed by atoms with E-state index in [-0.39, 0.29) is 0 Å². The van der Waals surface area contributed by atoms with Crippen LogP contribution < -0.4 is 10.1 Å². The number of aromatic nitrogens is 2. The Morgan fingerprint density at radius 3 is 2.90 bits per heavy atom. The first-order chi connectivity index (χ1) is 10.3. The molecule has 3 aromatic rings. The van der Waals surface area contributed by atoms with Gasteiger partial charge in [0.25, 0.3) is 0 Å². The van der Waals surface area contributed by atoms with Gasteiger partial charge in [0, 0.05) is 24.5 Å². The number of hydrogen-bond acceptors (Lipinski definition) is 6. The zero-order valence-electron chi connectivity index (χ0n) is 11.8. The van der Waals surface area contributed by atoms with E-state index >= 15 is 0 Å². The van der Waals surface area contributed by atoms with Gasteiger partial charge in [0.1, 0.15) is 0 Å². The third kappa shape index (κ3) is 3.28. The molecule has 6 heteroatoms. The average molecular weight is 317 g/mol. The zero-order chi connectivity index (χ0) is 14.7. The maximum Gasteiger partial charge on any atom is 0.212 e. The Kier molecular flexibility index (Phi) is 4.26. The van der Waals surface area contributed by atoms with E-state index in [4.69, 9.17) is 4.74 Å². The number of pyridine rings is 1. The summed E-state index contributed by atoms with van der Waals surface area (Å²) in [7, 11) is 1.62. The van der Waals surface area contributed by atoms with E-state index in [9.17, 15) is 0 Å². The average Bonchev–Trinajstić information content (AvgIpc) is 2.95. The van der Waals surface area contributed by atoms with Crippen LogP contribution in [0, 0.1) is 0 Å². The maximum atomic E-state index is 5.05. The van der Waals surface area contributed by atoms with Crippen molar-refractivity contribution in [1.82, 2.24) is 9.97 Å². The summed E-state index contributed by atoms with van der Waals surface area (Å²) in [6.07, 6.45) is 3.87. The number of nitrogens with zero attached hydrogens (tertiary/aromatic N) is 2. The van der Waals surface area contributed by atoms with E-state index < -0.39 is 0 Å². The van der Waals surface area contributed by atoms with Crippen LogP contribution in [0.4, 0.5) is 5.69 Å². The number of benzene rings is 1. The van der Waals surface area contributed by atoms with Gasteiger partial charge in [-0.1, -0.05) is 17.8 Å². The van der Waals surface area contributed by atoms with E-state index in [1.807, 2.05) is 24.6 Å². The van der Waals surface area contributed by atoms with Gasteiger partial charge in [-0.15, -0.1) is 11.3 Å². The van der Waals surface area contributed by atoms with Crippen molar-refractivity contribution in [2.75, 3.05) is 18.7 Å². The number of anilines is 1. The SMILES string of the molecule is COc1ccc(CNc2ccc3nc(SC)sc3c2)cn1. The lowest BCUT2D eigenvalue weighted by Crippen LogP contribution is -2.00. The molecule has 108 valence electrons. The smallest absolute Gasteiger partial charge is 0.212 e. The van der Waals surface area contributed by atoms with Gasteiger partial charge in [0.05, 0.1) is 17.3 Å². The molecule has 0 bridgehead atoms. The molecule has 0 saturated carbocycles. The predicted molar refractivity (Wildman–Crippen MR) is 89.5 cm³/mol. The molecule has 4 nitrogen and oxygen atoms in total. The fourth-order valence-electron chi connectivity index (χ4n) is 1.94. The van der Waals surface area contributed by atoms with Crippen LogP contribution >= 0.6 is 23.1 Å². The summed E-state index contributed by atoms with van der Waals surface area (Å²) in [6.45, 7) is 0.733. The molecule has 3 rings (SSSR count). The van der Waals surface area contributed by atoms with Gasteiger partial charge < -0.3 is 10.1 Å². The summed E-state index contributed by atoms with van der Waals surface area (Å²) < 4.78 is 7.36. The first-order valence-electron chi connectivity index (χ1n) is 6.46. The van der Waals surface area contributed by atoms with Gasteiger partial charge in [-0.25, -0.2) is 9.97 Å². The molecule has 0 unspecified atom stereocenters. The number of methoxy groups -OCH3 is 1. The van der Waals surface area contributed by atoms with Gasteiger partial charge in [-0.2, -0.15) is 0 Å². The number of rotatable bonds is 5. The zero-order valence-corrected chi connectivity index (χ0v) is 13.4. The molecule has 0 amide bonds. The Morgan fingerprint density at radius 1 is 1.29 bits per heavy atom. The standard InChI is InChI=1S/C15H15N3OS2/c1-19-14-6-3-10(9-17-14)8-16-11-4-5-12-13(7-11)21-15(18-12)20-2/h3-7,9,16H,8H2,1-2H3. The van der Waals surface area contributed by atoms with E-state index in [2.05, 4.69) is 33.5 Å². The topological polar surface area (TPSA) is 47.0 Å². The summed E-state index contributed by atoms with van der Waals surface area (Å²) in [5.41, 5.74) is 3.26. The monoisotopic (exact) mass is 317 g/mol. The van der Waals surface area contributed by atoms with E-state index in [0.29, 0.717) is 5.88 Å². The lowest BCUT2D eigenvalue weighted by atomic mass is 10.2.